The molecule has 1 aliphatic rings. The normalized spacial score (nSPS) is 19.1. The summed E-state index contributed by atoms with van der Waals surface area (Å²) >= 11 is 0. The van der Waals surface area contributed by atoms with Crippen molar-refractivity contribution in [3.8, 4) is 0 Å². The predicted octanol–water partition coefficient (Wildman–Crippen LogP) is 1.48. The zero-order chi connectivity index (χ0) is 13.6. The van der Waals surface area contributed by atoms with Crippen LogP contribution in [0.2, 0.25) is 0 Å². The molecule has 1 heterocycles. The maximum absolute atomic E-state index is 11.9. The molecular formula is C13H26N2O3. The number of carbonyl (C=O) groups is 1. The van der Waals surface area contributed by atoms with Crippen LogP contribution < -0.4 is 5.32 Å². The van der Waals surface area contributed by atoms with E-state index in [2.05, 4.69) is 19.2 Å². The van der Waals surface area contributed by atoms with Crippen LogP contribution in [0, 0.1) is 5.92 Å². The number of morpholine rings is 1. The van der Waals surface area contributed by atoms with Gasteiger partial charge in [0.2, 0.25) is 0 Å². The van der Waals surface area contributed by atoms with Gasteiger partial charge in [-0.3, -0.25) is 0 Å². The zero-order valence-electron chi connectivity index (χ0n) is 12.0. The molecule has 2 amide bonds. The van der Waals surface area contributed by atoms with Crippen molar-refractivity contribution >= 4 is 6.03 Å². The summed E-state index contributed by atoms with van der Waals surface area (Å²) in [6.07, 6.45) is 0. The van der Waals surface area contributed by atoms with Gasteiger partial charge in [0.05, 0.1) is 25.4 Å². The zero-order valence-corrected chi connectivity index (χ0v) is 12.0. The molecule has 18 heavy (non-hydrogen) atoms. The first-order chi connectivity index (χ1) is 8.41. The maximum Gasteiger partial charge on any atom is 0.317 e. The topological polar surface area (TPSA) is 50.8 Å². The molecule has 0 aromatic rings. The number of nitrogens with zero attached hydrogens (tertiary/aromatic N) is 1. The van der Waals surface area contributed by atoms with Crippen molar-refractivity contribution in [1.82, 2.24) is 10.2 Å². The molecule has 0 unspecified atom stereocenters. The largest absolute Gasteiger partial charge is 0.379 e. The molecular weight excluding hydrogens is 232 g/mol. The molecule has 0 spiro atoms. The Morgan fingerprint density at radius 3 is 2.83 bits per heavy atom. The number of hydrogen-bond acceptors (Lipinski definition) is 3. The molecule has 1 aliphatic heterocycles. The summed E-state index contributed by atoms with van der Waals surface area (Å²) in [5.41, 5.74) is -0.246. The molecule has 0 atom stereocenters. The van der Waals surface area contributed by atoms with E-state index in [9.17, 15) is 4.79 Å². The molecule has 0 aliphatic carbocycles. The molecule has 1 N–H and O–H groups in total. The maximum atomic E-state index is 11.9. The summed E-state index contributed by atoms with van der Waals surface area (Å²) in [7, 11) is 0. The van der Waals surface area contributed by atoms with Gasteiger partial charge in [-0.1, -0.05) is 13.8 Å². The Labute approximate surface area is 110 Å². The van der Waals surface area contributed by atoms with Crippen LogP contribution >= 0.6 is 0 Å². The summed E-state index contributed by atoms with van der Waals surface area (Å²) in [6.45, 7) is 12.0. The molecule has 5 heteroatoms. The summed E-state index contributed by atoms with van der Waals surface area (Å²) in [6, 6.07) is -0.0282. The Balaban J connectivity index is 2.16. The highest BCUT2D eigenvalue weighted by Crippen LogP contribution is 2.16. The molecule has 0 saturated carbocycles. The van der Waals surface area contributed by atoms with Crippen molar-refractivity contribution in [3.05, 3.63) is 0 Å². The van der Waals surface area contributed by atoms with Gasteiger partial charge in [0, 0.05) is 19.7 Å². The van der Waals surface area contributed by atoms with Crippen LogP contribution in [0.4, 0.5) is 4.79 Å². The number of amides is 2. The van der Waals surface area contributed by atoms with Crippen LogP contribution in [0.5, 0.6) is 0 Å². The van der Waals surface area contributed by atoms with Crippen molar-refractivity contribution in [1.29, 1.82) is 0 Å². The molecule has 1 saturated heterocycles. The minimum Gasteiger partial charge on any atom is -0.379 e. The number of nitrogens with one attached hydrogen (secondary N) is 1. The van der Waals surface area contributed by atoms with Gasteiger partial charge in [0.1, 0.15) is 0 Å². The van der Waals surface area contributed by atoms with Gasteiger partial charge in [0.25, 0.3) is 0 Å². The second-order valence-corrected chi connectivity index (χ2v) is 5.73. The van der Waals surface area contributed by atoms with Gasteiger partial charge in [-0.15, -0.1) is 0 Å². The van der Waals surface area contributed by atoms with E-state index in [1.807, 2.05) is 13.8 Å². The van der Waals surface area contributed by atoms with Crippen LogP contribution in [0.25, 0.3) is 0 Å². The van der Waals surface area contributed by atoms with Crippen LogP contribution in [0.15, 0.2) is 0 Å². The highest BCUT2D eigenvalue weighted by atomic mass is 16.5. The number of carbonyl (C=O) groups excluding carboxylic acids is 1. The van der Waals surface area contributed by atoms with E-state index in [0.717, 1.165) is 6.61 Å². The summed E-state index contributed by atoms with van der Waals surface area (Å²) in [5, 5.41) is 2.87. The first-order valence-electron chi connectivity index (χ1n) is 6.65. The predicted molar refractivity (Wildman–Crippen MR) is 70.7 cm³/mol. The van der Waals surface area contributed by atoms with Crippen LogP contribution in [0.1, 0.15) is 27.7 Å². The van der Waals surface area contributed by atoms with E-state index in [1.165, 1.54) is 0 Å². The van der Waals surface area contributed by atoms with Crippen LogP contribution in [0.3, 0.4) is 0 Å². The first-order valence-corrected chi connectivity index (χ1v) is 6.65. The fourth-order valence-corrected chi connectivity index (χ4v) is 1.85. The summed E-state index contributed by atoms with van der Waals surface area (Å²) < 4.78 is 11.0. The Morgan fingerprint density at radius 2 is 2.22 bits per heavy atom. The minimum atomic E-state index is -0.246. The number of hydrogen-bond donors (Lipinski definition) is 1. The first kappa shape index (κ1) is 15.2. The van der Waals surface area contributed by atoms with E-state index in [0.29, 0.717) is 38.8 Å². The minimum absolute atomic E-state index is 0.0282. The van der Waals surface area contributed by atoms with Crippen molar-refractivity contribution in [2.24, 2.45) is 5.92 Å². The van der Waals surface area contributed by atoms with Crippen LogP contribution in [-0.4, -0.2) is 56.0 Å². The van der Waals surface area contributed by atoms with E-state index in [-0.39, 0.29) is 11.6 Å². The van der Waals surface area contributed by atoms with Crippen molar-refractivity contribution in [2.45, 2.75) is 33.3 Å². The van der Waals surface area contributed by atoms with Crippen LogP contribution in [-0.2, 0) is 9.47 Å². The molecule has 0 bridgehead atoms. The van der Waals surface area contributed by atoms with Gasteiger partial charge in [-0.25, -0.2) is 4.79 Å². The van der Waals surface area contributed by atoms with Gasteiger partial charge in [0.15, 0.2) is 0 Å². The number of ether oxygens (including phenoxy) is 2. The Kier molecular flexibility index (Phi) is 5.88. The smallest absolute Gasteiger partial charge is 0.317 e. The lowest BCUT2D eigenvalue weighted by atomic mass is 10.1. The van der Waals surface area contributed by atoms with Crippen molar-refractivity contribution < 1.29 is 14.3 Å². The monoisotopic (exact) mass is 258 g/mol. The van der Waals surface area contributed by atoms with Crippen molar-refractivity contribution in [3.63, 3.8) is 0 Å². The van der Waals surface area contributed by atoms with Crippen molar-refractivity contribution in [2.75, 3.05) is 39.5 Å². The molecule has 5 nitrogen and oxygen atoms in total. The average Bonchev–Trinajstić information content (AvgIpc) is 2.26. The van der Waals surface area contributed by atoms with Gasteiger partial charge < -0.3 is 19.7 Å². The summed E-state index contributed by atoms with van der Waals surface area (Å²) in [5.74, 6) is 0.528. The number of rotatable bonds is 5. The van der Waals surface area contributed by atoms with Gasteiger partial charge in [-0.2, -0.15) is 0 Å². The quantitative estimate of drug-likeness (QED) is 0.760. The Morgan fingerprint density at radius 1 is 1.50 bits per heavy atom. The van der Waals surface area contributed by atoms with E-state index in [1.54, 1.807) is 4.90 Å². The lowest BCUT2D eigenvalue weighted by Gasteiger charge is -2.38. The molecule has 1 fully saturated rings. The fourth-order valence-electron chi connectivity index (χ4n) is 1.85. The molecule has 106 valence electrons. The Hall–Kier alpha value is -0.810. The third kappa shape index (κ3) is 5.69. The average molecular weight is 258 g/mol. The molecule has 0 radical (unpaired) electrons. The number of urea groups is 1. The second kappa shape index (κ2) is 6.95. The third-order valence-corrected chi connectivity index (χ3v) is 2.69. The summed E-state index contributed by atoms with van der Waals surface area (Å²) in [4.78, 5) is 13.7. The molecule has 0 aromatic carbocycles. The SMILES string of the molecule is CC(C)COCCNC(=O)N1CCOC(C)(C)C1. The highest BCUT2D eigenvalue weighted by Gasteiger charge is 2.29. The lowest BCUT2D eigenvalue weighted by Crippen LogP contribution is -2.53. The van der Waals surface area contributed by atoms with E-state index >= 15 is 0 Å². The third-order valence-electron chi connectivity index (χ3n) is 2.69. The van der Waals surface area contributed by atoms with E-state index < -0.39 is 0 Å². The Bertz CT molecular complexity index is 267. The molecule has 1 rings (SSSR count). The van der Waals surface area contributed by atoms with E-state index in [4.69, 9.17) is 9.47 Å². The van der Waals surface area contributed by atoms with Gasteiger partial charge >= 0.3 is 6.03 Å². The standard InChI is InChI=1S/C13H26N2O3/c1-11(2)9-17-7-5-14-12(16)15-6-8-18-13(3,4)10-15/h11H,5-10H2,1-4H3,(H,14,16). The lowest BCUT2D eigenvalue weighted by molar-refractivity contribution is -0.0734. The highest BCUT2D eigenvalue weighted by molar-refractivity contribution is 5.74. The molecule has 0 aromatic heterocycles. The fraction of sp³-hybridized carbons (Fsp3) is 0.923. The van der Waals surface area contributed by atoms with Gasteiger partial charge in [-0.05, 0) is 19.8 Å². The second-order valence-electron chi connectivity index (χ2n) is 5.73.